The van der Waals surface area contributed by atoms with Gasteiger partial charge in [-0.2, -0.15) is 10.2 Å². The second-order valence-corrected chi connectivity index (χ2v) is 7.67. The van der Waals surface area contributed by atoms with E-state index in [1.165, 1.54) is 5.01 Å². The fraction of sp³-hybridized carbons (Fsp3) is 0.154. The Bertz CT molecular complexity index is 1300. The van der Waals surface area contributed by atoms with Gasteiger partial charge in [0.15, 0.2) is 6.61 Å². The predicted molar refractivity (Wildman–Crippen MR) is 125 cm³/mol. The first-order valence-corrected chi connectivity index (χ1v) is 10.6. The number of methoxy groups -OCH3 is 1. The molecule has 0 unspecified atom stereocenters. The number of nitrogens with zero attached hydrogens (tertiary/aromatic N) is 4. The quantitative estimate of drug-likeness (QED) is 0.446. The Morgan fingerprint density at radius 1 is 1.00 bits per heavy atom. The molecule has 1 aliphatic rings. The topological polar surface area (TPSA) is 76.9 Å². The van der Waals surface area contributed by atoms with Crippen molar-refractivity contribution >= 4 is 22.4 Å². The summed E-state index contributed by atoms with van der Waals surface area (Å²) in [5.74, 6) is 0.835. The summed E-state index contributed by atoms with van der Waals surface area (Å²) in [5.41, 5.74) is 2.82. The summed E-state index contributed by atoms with van der Waals surface area (Å²) >= 11 is 0. The van der Waals surface area contributed by atoms with Crippen LogP contribution in [0.1, 0.15) is 23.6 Å². The lowest BCUT2D eigenvalue weighted by molar-refractivity contribution is -0.135. The maximum atomic E-state index is 13.3. The number of hydrazone groups is 1. The van der Waals surface area contributed by atoms with Crippen molar-refractivity contribution < 1.29 is 14.3 Å². The summed E-state index contributed by atoms with van der Waals surface area (Å²) < 4.78 is 11.1. The summed E-state index contributed by atoms with van der Waals surface area (Å²) in [4.78, 5) is 13.3. The first-order valence-electron chi connectivity index (χ1n) is 10.6. The molecule has 3 aromatic carbocycles. The van der Waals surface area contributed by atoms with Gasteiger partial charge in [0.25, 0.3) is 5.91 Å². The zero-order valence-corrected chi connectivity index (χ0v) is 18.1. The molecule has 0 aliphatic carbocycles. The van der Waals surface area contributed by atoms with E-state index in [4.69, 9.17) is 9.47 Å². The number of benzene rings is 3. The molecule has 1 amide bonds. The van der Waals surface area contributed by atoms with Gasteiger partial charge in [0.1, 0.15) is 5.75 Å². The van der Waals surface area contributed by atoms with Gasteiger partial charge in [-0.25, -0.2) is 5.01 Å². The molecule has 33 heavy (non-hydrogen) atoms. The van der Waals surface area contributed by atoms with Gasteiger partial charge in [0, 0.05) is 17.2 Å². The lowest BCUT2D eigenvalue weighted by atomic mass is 9.98. The van der Waals surface area contributed by atoms with E-state index in [-0.39, 0.29) is 18.6 Å². The molecule has 0 spiro atoms. The van der Waals surface area contributed by atoms with Gasteiger partial charge in [-0.3, -0.25) is 4.79 Å². The summed E-state index contributed by atoms with van der Waals surface area (Å²) in [5, 5.41) is 16.0. The Balaban J connectivity index is 1.41. The Morgan fingerprint density at radius 3 is 2.55 bits per heavy atom. The molecule has 2 heterocycles. The minimum atomic E-state index is -0.253. The van der Waals surface area contributed by atoms with Crippen molar-refractivity contribution in [1.82, 2.24) is 15.2 Å². The second-order valence-electron chi connectivity index (χ2n) is 7.67. The Kier molecular flexibility index (Phi) is 5.68. The standard InChI is InChI=1S/C26H22N4O3/c1-32-21-13-11-19(12-14-21)24-15-23(18-7-3-2-4-8-18)29-30(24)25(31)17-33-26-22-10-6-5-9-20(22)16-27-28-26/h2-14,16,24H,15,17H2,1H3/t24-/m1/s1. The van der Waals surface area contributed by atoms with Crippen LogP contribution in [0.5, 0.6) is 11.6 Å². The molecule has 7 nitrogen and oxygen atoms in total. The zero-order valence-electron chi connectivity index (χ0n) is 18.1. The van der Waals surface area contributed by atoms with E-state index in [0.717, 1.165) is 33.4 Å². The van der Waals surface area contributed by atoms with Gasteiger partial charge in [0.05, 0.1) is 25.1 Å². The van der Waals surface area contributed by atoms with E-state index < -0.39 is 0 Å². The monoisotopic (exact) mass is 438 g/mol. The third-order valence-corrected chi connectivity index (χ3v) is 5.64. The van der Waals surface area contributed by atoms with Crippen LogP contribution < -0.4 is 9.47 Å². The number of amides is 1. The van der Waals surface area contributed by atoms with Crippen LogP contribution in [0, 0.1) is 0 Å². The van der Waals surface area contributed by atoms with Gasteiger partial charge in [-0.1, -0.05) is 60.7 Å². The molecule has 1 aliphatic heterocycles. The van der Waals surface area contributed by atoms with E-state index >= 15 is 0 Å². The Labute approximate surface area is 191 Å². The SMILES string of the molecule is COc1ccc([C@H]2CC(c3ccccc3)=NN2C(=O)COc2nncc3ccccc23)cc1. The molecule has 0 radical (unpaired) electrons. The zero-order chi connectivity index (χ0) is 22.6. The average molecular weight is 438 g/mol. The van der Waals surface area contributed by atoms with Crippen LogP contribution in [-0.2, 0) is 4.79 Å². The van der Waals surface area contributed by atoms with Crippen molar-refractivity contribution in [2.24, 2.45) is 5.10 Å². The minimum absolute atomic E-state index is 0.194. The van der Waals surface area contributed by atoms with Gasteiger partial charge in [-0.05, 0) is 29.3 Å². The van der Waals surface area contributed by atoms with Gasteiger partial charge in [0.2, 0.25) is 5.88 Å². The summed E-state index contributed by atoms with van der Waals surface area (Å²) in [6.45, 7) is -0.194. The molecule has 1 atom stereocenters. The summed E-state index contributed by atoms with van der Waals surface area (Å²) in [6, 6.07) is 25.0. The maximum absolute atomic E-state index is 13.3. The molecule has 1 aromatic heterocycles. The number of ether oxygens (including phenoxy) is 2. The molecular weight excluding hydrogens is 416 g/mol. The fourth-order valence-electron chi connectivity index (χ4n) is 3.94. The fourth-order valence-corrected chi connectivity index (χ4v) is 3.94. The lowest BCUT2D eigenvalue weighted by Crippen LogP contribution is -2.31. The highest BCUT2D eigenvalue weighted by atomic mass is 16.5. The van der Waals surface area contributed by atoms with Crippen LogP contribution in [0.3, 0.4) is 0 Å². The highest BCUT2D eigenvalue weighted by molar-refractivity contribution is 6.03. The summed E-state index contributed by atoms with van der Waals surface area (Å²) in [7, 11) is 1.63. The number of hydrogen-bond donors (Lipinski definition) is 0. The number of fused-ring (bicyclic) bond motifs is 1. The molecule has 0 saturated carbocycles. The van der Waals surface area contributed by atoms with Crippen molar-refractivity contribution in [2.45, 2.75) is 12.5 Å². The van der Waals surface area contributed by atoms with Crippen LogP contribution in [0.2, 0.25) is 0 Å². The smallest absolute Gasteiger partial charge is 0.281 e. The Hall–Kier alpha value is -4.26. The number of aromatic nitrogens is 2. The number of rotatable bonds is 6. The van der Waals surface area contributed by atoms with Crippen LogP contribution >= 0.6 is 0 Å². The maximum Gasteiger partial charge on any atom is 0.281 e. The first kappa shape index (κ1) is 20.6. The number of carbonyl (C=O) groups is 1. The third kappa shape index (κ3) is 4.25. The van der Waals surface area contributed by atoms with Crippen molar-refractivity contribution in [3.63, 3.8) is 0 Å². The predicted octanol–water partition coefficient (Wildman–Crippen LogP) is 4.40. The van der Waals surface area contributed by atoms with Crippen molar-refractivity contribution in [3.05, 3.63) is 96.2 Å². The van der Waals surface area contributed by atoms with Gasteiger partial charge >= 0.3 is 0 Å². The van der Waals surface area contributed by atoms with Crippen molar-refractivity contribution in [3.8, 4) is 11.6 Å². The Morgan fingerprint density at radius 2 is 1.76 bits per heavy atom. The van der Waals surface area contributed by atoms with Crippen LogP contribution in [0.25, 0.3) is 10.8 Å². The van der Waals surface area contributed by atoms with Crippen LogP contribution in [0.4, 0.5) is 0 Å². The molecule has 0 saturated heterocycles. The van der Waals surface area contributed by atoms with Crippen molar-refractivity contribution in [2.75, 3.05) is 13.7 Å². The first-order chi connectivity index (χ1) is 16.2. The number of hydrogen-bond acceptors (Lipinski definition) is 6. The van der Waals surface area contributed by atoms with E-state index in [1.807, 2.05) is 78.9 Å². The minimum Gasteiger partial charge on any atom is -0.497 e. The lowest BCUT2D eigenvalue weighted by Gasteiger charge is -2.22. The van der Waals surface area contributed by atoms with Crippen LogP contribution in [0.15, 0.2) is 90.2 Å². The molecule has 0 N–H and O–H groups in total. The highest BCUT2D eigenvalue weighted by Gasteiger charge is 2.33. The molecule has 0 bridgehead atoms. The van der Waals surface area contributed by atoms with E-state index in [1.54, 1.807) is 13.3 Å². The number of carbonyl (C=O) groups excluding carboxylic acids is 1. The third-order valence-electron chi connectivity index (χ3n) is 5.64. The molecule has 0 fully saturated rings. The van der Waals surface area contributed by atoms with E-state index in [0.29, 0.717) is 12.3 Å². The molecule has 164 valence electrons. The molecule has 7 heteroatoms. The van der Waals surface area contributed by atoms with Crippen molar-refractivity contribution in [1.29, 1.82) is 0 Å². The second kappa shape index (κ2) is 9.08. The normalized spacial score (nSPS) is 15.4. The van der Waals surface area contributed by atoms with E-state index in [2.05, 4.69) is 15.3 Å². The highest BCUT2D eigenvalue weighted by Crippen LogP contribution is 2.34. The molecule has 5 rings (SSSR count). The molecular formula is C26H22N4O3. The largest absolute Gasteiger partial charge is 0.497 e. The molecule has 4 aromatic rings. The van der Waals surface area contributed by atoms with E-state index in [9.17, 15) is 4.79 Å². The summed E-state index contributed by atoms with van der Waals surface area (Å²) in [6.07, 6.45) is 2.27. The average Bonchev–Trinajstić information content (AvgIpc) is 3.33. The van der Waals surface area contributed by atoms with Gasteiger partial charge < -0.3 is 9.47 Å². The van der Waals surface area contributed by atoms with Crippen LogP contribution in [-0.4, -0.2) is 40.5 Å². The van der Waals surface area contributed by atoms with Gasteiger partial charge in [-0.15, -0.1) is 5.10 Å².